The van der Waals surface area contributed by atoms with Crippen molar-refractivity contribution >= 4 is 23.2 Å². The smallest absolute Gasteiger partial charge is 0.269 e. The summed E-state index contributed by atoms with van der Waals surface area (Å²) >= 11 is 0. The highest BCUT2D eigenvalue weighted by molar-refractivity contribution is 6.20. The number of nitro benzene ring substituents is 1. The molecule has 2 fully saturated rings. The van der Waals surface area contributed by atoms with Crippen molar-refractivity contribution in [2.75, 3.05) is 4.90 Å². The third-order valence-corrected chi connectivity index (χ3v) is 5.74. The molecule has 22 heavy (non-hydrogen) atoms. The van der Waals surface area contributed by atoms with Crippen molar-refractivity contribution in [2.24, 2.45) is 16.7 Å². The Labute approximate surface area is 128 Å². The van der Waals surface area contributed by atoms with Crippen LogP contribution in [0.25, 0.3) is 0 Å². The van der Waals surface area contributed by atoms with Crippen molar-refractivity contribution in [1.29, 1.82) is 0 Å². The predicted octanol–water partition coefficient (Wildman–Crippen LogP) is 2.91. The zero-order valence-electron chi connectivity index (χ0n) is 12.8. The molecule has 2 bridgehead atoms. The van der Waals surface area contributed by atoms with Crippen LogP contribution in [0.1, 0.15) is 33.6 Å². The Bertz CT molecular complexity index is 680. The SMILES string of the molecule is CC12CCC(C(=O)N(c3ccc([N+](=O)[O-])cc3)C1=O)C2(C)C. The van der Waals surface area contributed by atoms with Gasteiger partial charge in [-0.2, -0.15) is 0 Å². The third-order valence-electron chi connectivity index (χ3n) is 5.74. The van der Waals surface area contributed by atoms with Crippen LogP contribution in [0.15, 0.2) is 24.3 Å². The number of piperidine rings is 1. The molecule has 0 aromatic heterocycles. The molecule has 2 aliphatic rings. The van der Waals surface area contributed by atoms with Crippen molar-refractivity contribution in [2.45, 2.75) is 33.6 Å². The maximum atomic E-state index is 12.9. The number of carbonyl (C=O) groups is 2. The summed E-state index contributed by atoms with van der Waals surface area (Å²) in [5.41, 5.74) is -0.587. The number of imide groups is 1. The third kappa shape index (κ3) is 1.66. The van der Waals surface area contributed by atoms with E-state index in [9.17, 15) is 19.7 Å². The zero-order valence-corrected chi connectivity index (χ0v) is 12.8. The fourth-order valence-electron chi connectivity index (χ4n) is 3.79. The van der Waals surface area contributed by atoms with Crippen LogP contribution in [-0.2, 0) is 9.59 Å². The molecular weight excluding hydrogens is 284 g/mol. The monoisotopic (exact) mass is 302 g/mol. The maximum absolute atomic E-state index is 12.9. The molecule has 0 N–H and O–H groups in total. The van der Waals surface area contributed by atoms with Gasteiger partial charge in [-0.15, -0.1) is 0 Å². The predicted molar refractivity (Wildman–Crippen MR) is 80.2 cm³/mol. The van der Waals surface area contributed by atoms with Gasteiger partial charge in [-0.1, -0.05) is 20.8 Å². The normalized spacial score (nSPS) is 29.8. The minimum atomic E-state index is -0.576. The Balaban J connectivity index is 2.04. The van der Waals surface area contributed by atoms with Gasteiger partial charge >= 0.3 is 0 Å². The minimum absolute atomic E-state index is 0.0600. The lowest BCUT2D eigenvalue weighted by Crippen LogP contribution is -2.59. The molecule has 1 aliphatic heterocycles. The number of amides is 2. The van der Waals surface area contributed by atoms with Gasteiger partial charge in [0.25, 0.3) is 5.69 Å². The summed E-state index contributed by atoms with van der Waals surface area (Å²) in [6, 6.07) is 5.57. The molecule has 3 rings (SSSR count). The summed E-state index contributed by atoms with van der Waals surface area (Å²) in [7, 11) is 0. The molecule has 1 aliphatic carbocycles. The number of benzene rings is 1. The summed E-state index contributed by atoms with van der Waals surface area (Å²) in [6.45, 7) is 5.88. The Hall–Kier alpha value is -2.24. The quantitative estimate of drug-likeness (QED) is 0.478. The van der Waals surface area contributed by atoms with Crippen LogP contribution in [0, 0.1) is 26.9 Å². The van der Waals surface area contributed by atoms with Crippen molar-refractivity contribution in [1.82, 2.24) is 0 Å². The average Bonchev–Trinajstić information content (AvgIpc) is 2.64. The molecule has 2 unspecified atom stereocenters. The molecular formula is C16H18N2O4. The van der Waals surface area contributed by atoms with E-state index in [-0.39, 0.29) is 28.8 Å². The van der Waals surface area contributed by atoms with E-state index in [1.807, 2.05) is 20.8 Å². The molecule has 1 saturated carbocycles. The largest absolute Gasteiger partial charge is 0.274 e. The number of nitro groups is 1. The highest BCUT2D eigenvalue weighted by Gasteiger charge is 2.64. The Morgan fingerprint density at radius 2 is 1.77 bits per heavy atom. The van der Waals surface area contributed by atoms with Crippen molar-refractivity contribution in [3.63, 3.8) is 0 Å². The van der Waals surface area contributed by atoms with Crippen LogP contribution in [0.5, 0.6) is 0 Å². The number of nitrogens with zero attached hydrogens (tertiary/aromatic N) is 2. The van der Waals surface area contributed by atoms with Crippen molar-refractivity contribution in [3.05, 3.63) is 34.4 Å². The first-order valence-corrected chi connectivity index (χ1v) is 7.33. The number of hydrogen-bond donors (Lipinski definition) is 0. The summed E-state index contributed by atoms with van der Waals surface area (Å²) < 4.78 is 0. The number of fused-ring (bicyclic) bond motifs is 2. The fourth-order valence-corrected chi connectivity index (χ4v) is 3.79. The topological polar surface area (TPSA) is 80.5 Å². The van der Waals surface area contributed by atoms with Crippen LogP contribution in [0.4, 0.5) is 11.4 Å². The number of anilines is 1. The lowest BCUT2D eigenvalue weighted by atomic mass is 9.62. The highest BCUT2D eigenvalue weighted by atomic mass is 16.6. The Kier molecular flexibility index (Phi) is 2.92. The Morgan fingerprint density at radius 3 is 2.32 bits per heavy atom. The van der Waals surface area contributed by atoms with Gasteiger partial charge in [0, 0.05) is 18.1 Å². The van der Waals surface area contributed by atoms with Gasteiger partial charge in [0.2, 0.25) is 11.8 Å². The minimum Gasteiger partial charge on any atom is -0.274 e. The van der Waals surface area contributed by atoms with E-state index in [1.54, 1.807) is 0 Å². The maximum Gasteiger partial charge on any atom is 0.269 e. The molecule has 0 radical (unpaired) electrons. The fraction of sp³-hybridized carbons (Fsp3) is 0.500. The summed E-state index contributed by atoms with van der Waals surface area (Å²) in [4.78, 5) is 37.1. The summed E-state index contributed by atoms with van der Waals surface area (Å²) in [5.74, 6) is -0.589. The zero-order chi connectivity index (χ0) is 16.3. The van der Waals surface area contributed by atoms with Gasteiger partial charge in [-0.3, -0.25) is 19.7 Å². The van der Waals surface area contributed by atoms with E-state index in [1.165, 1.54) is 29.2 Å². The summed E-state index contributed by atoms with van der Waals surface area (Å²) in [5, 5.41) is 10.7. The molecule has 1 heterocycles. The van der Waals surface area contributed by atoms with E-state index in [2.05, 4.69) is 0 Å². The van der Waals surface area contributed by atoms with Crippen LogP contribution in [-0.4, -0.2) is 16.7 Å². The molecule has 6 heteroatoms. The molecule has 6 nitrogen and oxygen atoms in total. The first-order chi connectivity index (χ1) is 10.2. The molecule has 1 aromatic rings. The second-order valence-electron chi connectivity index (χ2n) is 6.90. The number of carbonyl (C=O) groups excluding carboxylic acids is 2. The molecule has 1 saturated heterocycles. The van der Waals surface area contributed by atoms with Gasteiger partial charge in [0.1, 0.15) is 0 Å². The molecule has 1 aromatic carbocycles. The van der Waals surface area contributed by atoms with E-state index >= 15 is 0 Å². The average molecular weight is 302 g/mol. The van der Waals surface area contributed by atoms with Crippen LogP contribution in [0.2, 0.25) is 0 Å². The van der Waals surface area contributed by atoms with E-state index in [4.69, 9.17) is 0 Å². The first-order valence-electron chi connectivity index (χ1n) is 7.33. The van der Waals surface area contributed by atoms with E-state index in [0.717, 1.165) is 0 Å². The van der Waals surface area contributed by atoms with Crippen LogP contribution in [0.3, 0.4) is 0 Å². The van der Waals surface area contributed by atoms with Gasteiger partial charge in [0.05, 0.1) is 16.0 Å². The second-order valence-corrected chi connectivity index (χ2v) is 6.90. The van der Waals surface area contributed by atoms with Gasteiger partial charge < -0.3 is 0 Å². The Morgan fingerprint density at radius 1 is 1.18 bits per heavy atom. The van der Waals surface area contributed by atoms with Gasteiger partial charge in [-0.05, 0) is 30.4 Å². The number of non-ortho nitro benzene ring substituents is 1. The van der Waals surface area contributed by atoms with Crippen molar-refractivity contribution in [3.8, 4) is 0 Å². The van der Waals surface area contributed by atoms with E-state index in [0.29, 0.717) is 18.5 Å². The number of rotatable bonds is 2. The lowest BCUT2D eigenvalue weighted by Gasteiger charge is -2.47. The molecule has 0 spiro atoms. The molecule has 2 atom stereocenters. The summed E-state index contributed by atoms with van der Waals surface area (Å²) in [6.07, 6.45) is 1.40. The highest BCUT2D eigenvalue weighted by Crippen LogP contribution is 2.60. The standard InChI is InChI=1S/C16H18N2O4/c1-15(2)12-8-9-16(15,3)14(20)17(13(12)19)10-4-6-11(7-5-10)18(21)22/h4-7,12H,8-9H2,1-3H3. The second kappa shape index (κ2) is 4.38. The van der Waals surface area contributed by atoms with Gasteiger partial charge in [0.15, 0.2) is 0 Å². The van der Waals surface area contributed by atoms with E-state index < -0.39 is 10.3 Å². The molecule has 2 amide bonds. The van der Waals surface area contributed by atoms with Crippen molar-refractivity contribution < 1.29 is 14.5 Å². The number of hydrogen-bond acceptors (Lipinski definition) is 4. The van der Waals surface area contributed by atoms with Crippen LogP contribution >= 0.6 is 0 Å². The molecule has 116 valence electrons. The van der Waals surface area contributed by atoms with Gasteiger partial charge in [-0.25, -0.2) is 4.90 Å². The first kappa shape index (κ1) is 14.7. The van der Waals surface area contributed by atoms with Crippen LogP contribution < -0.4 is 4.90 Å². The lowest BCUT2D eigenvalue weighted by molar-refractivity contribution is -0.384.